The molecule has 0 saturated heterocycles. The van der Waals surface area contributed by atoms with Crippen LogP contribution in [0.3, 0.4) is 0 Å². The monoisotopic (exact) mass is 445 g/mol. The molecule has 1 heterocycles. The lowest BCUT2D eigenvalue weighted by Crippen LogP contribution is -2.33. The molecule has 2 aromatic carbocycles. The second-order valence-corrected chi connectivity index (χ2v) is 7.30. The number of carbonyl (C=O) groups excluding carboxylic acids is 2. The quantitative estimate of drug-likeness (QED) is 0.576. The highest BCUT2D eigenvalue weighted by molar-refractivity contribution is 6.31. The van der Waals surface area contributed by atoms with Gasteiger partial charge in [0.15, 0.2) is 5.82 Å². The minimum atomic E-state index is -0.537. The van der Waals surface area contributed by atoms with Gasteiger partial charge in [0, 0.05) is 37.3 Å². The van der Waals surface area contributed by atoms with Gasteiger partial charge >= 0.3 is 17.8 Å². The van der Waals surface area contributed by atoms with Gasteiger partial charge in [0.05, 0.1) is 0 Å². The second kappa shape index (κ2) is 10.0. The molecule has 0 spiro atoms. The van der Waals surface area contributed by atoms with Crippen LogP contribution >= 0.6 is 11.6 Å². The topological polar surface area (TPSA) is 100 Å². The fraction of sp³-hybridized carbons (Fsp3) is 0.238. The van der Waals surface area contributed by atoms with E-state index < -0.39 is 5.91 Å². The Bertz CT molecular complexity index is 1070. The van der Waals surface area contributed by atoms with E-state index in [4.69, 9.17) is 16.1 Å². The fourth-order valence-corrected chi connectivity index (χ4v) is 2.75. The molecular weight excluding hydrogens is 425 g/mol. The minimum absolute atomic E-state index is 0.182. The van der Waals surface area contributed by atoms with Crippen molar-refractivity contribution in [3.05, 3.63) is 76.1 Å². The third-order valence-electron chi connectivity index (χ3n) is 4.47. The van der Waals surface area contributed by atoms with Crippen LogP contribution in [0.2, 0.25) is 5.02 Å². The Balaban J connectivity index is 1.47. The number of benzene rings is 2. The lowest BCUT2D eigenvalue weighted by Gasteiger charge is -2.17. The molecular formula is C21H21ClFN5O3. The number of likely N-dealkylation sites (N-methyl/N-ethyl adjacent to an activating group) is 1. The maximum absolute atomic E-state index is 12.9. The number of hydrogen-bond acceptors (Lipinski definition) is 5. The van der Waals surface area contributed by atoms with Gasteiger partial charge in [-0.25, -0.2) is 9.18 Å². The van der Waals surface area contributed by atoms with Crippen LogP contribution in [-0.2, 0) is 13.0 Å². The van der Waals surface area contributed by atoms with Gasteiger partial charge < -0.3 is 20.1 Å². The van der Waals surface area contributed by atoms with Gasteiger partial charge in [-0.3, -0.25) is 4.79 Å². The molecule has 3 aromatic rings. The minimum Gasteiger partial charge on any atom is -0.344 e. The Morgan fingerprint density at radius 2 is 1.94 bits per heavy atom. The maximum Gasteiger partial charge on any atom is 0.321 e. The summed E-state index contributed by atoms with van der Waals surface area (Å²) in [6, 6.07) is 10.7. The maximum atomic E-state index is 12.9. The molecule has 2 N–H and O–H groups in total. The van der Waals surface area contributed by atoms with Crippen LogP contribution in [0.1, 0.15) is 27.6 Å². The highest BCUT2D eigenvalue weighted by atomic mass is 35.5. The number of nitrogens with one attached hydrogen (secondary N) is 2. The summed E-state index contributed by atoms with van der Waals surface area (Å²) in [6.45, 7) is 2.38. The van der Waals surface area contributed by atoms with E-state index in [-0.39, 0.29) is 24.3 Å². The first kappa shape index (κ1) is 22.2. The number of halogens is 2. The number of urea groups is 1. The number of aryl methyl sites for hydroxylation is 1. The molecule has 0 aliphatic heterocycles. The summed E-state index contributed by atoms with van der Waals surface area (Å²) in [6.07, 6.45) is 0.299. The van der Waals surface area contributed by atoms with E-state index in [9.17, 15) is 14.0 Å². The van der Waals surface area contributed by atoms with E-state index in [2.05, 4.69) is 20.8 Å². The van der Waals surface area contributed by atoms with Crippen molar-refractivity contribution in [3.63, 3.8) is 0 Å². The van der Waals surface area contributed by atoms with E-state index in [1.54, 1.807) is 31.3 Å². The Morgan fingerprint density at radius 1 is 1.19 bits per heavy atom. The van der Waals surface area contributed by atoms with E-state index in [0.29, 0.717) is 29.5 Å². The number of aromatic nitrogens is 2. The lowest BCUT2D eigenvalue weighted by molar-refractivity contribution is 0.0907. The van der Waals surface area contributed by atoms with Gasteiger partial charge in [-0.05, 0) is 42.3 Å². The number of hydrogen-bond donors (Lipinski definition) is 2. The number of nitrogens with zero attached hydrogens (tertiary/aromatic N) is 3. The summed E-state index contributed by atoms with van der Waals surface area (Å²) in [5, 5.41) is 9.72. The van der Waals surface area contributed by atoms with Gasteiger partial charge in [0.2, 0.25) is 0 Å². The van der Waals surface area contributed by atoms with Crippen molar-refractivity contribution in [1.82, 2.24) is 20.4 Å². The smallest absolute Gasteiger partial charge is 0.321 e. The third kappa shape index (κ3) is 6.26. The van der Waals surface area contributed by atoms with Crippen molar-refractivity contribution >= 4 is 29.2 Å². The van der Waals surface area contributed by atoms with Gasteiger partial charge in [0.1, 0.15) is 5.82 Å². The van der Waals surface area contributed by atoms with Crippen LogP contribution in [0, 0.1) is 12.7 Å². The van der Waals surface area contributed by atoms with E-state index in [0.717, 1.165) is 11.1 Å². The summed E-state index contributed by atoms with van der Waals surface area (Å²) < 4.78 is 17.9. The Hall–Kier alpha value is -3.46. The zero-order chi connectivity index (χ0) is 22.4. The average Bonchev–Trinajstić information content (AvgIpc) is 3.23. The predicted molar refractivity (Wildman–Crippen MR) is 113 cm³/mol. The van der Waals surface area contributed by atoms with E-state index >= 15 is 0 Å². The van der Waals surface area contributed by atoms with Crippen molar-refractivity contribution in [3.8, 4) is 0 Å². The number of carbonyl (C=O) groups is 2. The van der Waals surface area contributed by atoms with Crippen molar-refractivity contribution in [2.45, 2.75) is 19.9 Å². The van der Waals surface area contributed by atoms with Crippen LogP contribution in [-0.4, -0.2) is 40.6 Å². The van der Waals surface area contributed by atoms with Crippen molar-refractivity contribution < 1.29 is 18.5 Å². The molecule has 162 valence electrons. The van der Waals surface area contributed by atoms with Crippen molar-refractivity contribution in [2.75, 3.05) is 18.9 Å². The Kier molecular flexibility index (Phi) is 7.19. The first-order chi connectivity index (χ1) is 14.8. The van der Waals surface area contributed by atoms with Gasteiger partial charge in [-0.1, -0.05) is 35.0 Å². The van der Waals surface area contributed by atoms with Gasteiger partial charge in [-0.15, -0.1) is 0 Å². The molecule has 1 aromatic heterocycles. The molecule has 0 atom stereocenters. The van der Waals surface area contributed by atoms with Crippen LogP contribution < -0.4 is 10.6 Å². The SMILES string of the molecule is Cc1ccc(NC(=O)N(C)CCc2noc(C(=O)NCc3ccc(F)cc3)n2)cc1Cl. The van der Waals surface area contributed by atoms with Crippen LogP contribution in [0.5, 0.6) is 0 Å². The zero-order valence-corrected chi connectivity index (χ0v) is 17.7. The average molecular weight is 446 g/mol. The third-order valence-corrected chi connectivity index (χ3v) is 4.88. The highest BCUT2D eigenvalue weighted by Gasteiger charge is 2.16. The molecule has 0 saturated carbocycles. The molecule has 31 heavy (non-hydrogen) atoms. The number of amides is 3. The first-order valence-electron chi connectivity index (χ1n) is 9.45. The molecule has 0 bridgehead atoms. The van der Waals surface area contributed by atoms with Crippen LogP contribution in [0.15, 0.2) is 47.0 Å². The van der Waals surface area contributed by atoms with E-state index in [1.807, 2.05) is 13.0 Å². The molecule has 0 unspecified atom stereocenters. The molecule has 8 nitrogen and oxygen atoms in total. The second-order valence-electron chi connectivity index (χ2n) is 6.89. The molecule has 0 radical (unpaired) electrons. The summed E-state index contributed by atoms with van der Waals surface area (Å²) >= 11 is 6.07. The standard InChI is InChI=1S/C21H21ClFN5O3/c1-13-3-8-16(11-17(13)22)25-21(30)28(2)10-9-18-26-20(31-27-18)19(29)24-12-14-4-6-15(23)7-5-14/h3-8,11H,9-10,12H2,1-2H3,(H,24,29)(H,25,30). The molecule has 0 aliphatic carbocycles. The van der Waals surface area contributed by atoms with Crippen molar-refractivity contribution in [2.24, 2.45) is 0 Å². The number of rotatable bonds is 7. The summed E-state index contributed by atoms with van der Waals surface area (Å²) in [7, 11) is 1.63. The van der Waals surface area contributed by atoms with E-state index in [1.165, 1.54) is 17.0 Å². The predicted octanol–water partition coefficient (Wildman–Crippen LogP) is 3.81. The van der Waals surface area contributed by atoms with Crippen LogP contribution in [0.4, 0.5) is 14.9 Å². The summed E-state index contributed by atoms with van der Waals surface area (Å²) in [5.74, 6) is -0.771. The Labute approximate surface area is 183 Å². The normalized spacial score (nSPS) is 10.6. The Morgan fingerprint density at radius 3 is 2.65 bits per heavy atom. The number of anilines is 1. The highest BCUT2D eigenvalue weighted by Crippen LogP contribution is 2.20. The zero-order valence-electron chi connectivity index (χ0n) is 17.0. The molecule has 3 amide bonds. The first-order valence-corrected chi connectivity index (χ1v) is 9.83. The summed E-state index contributed by atoms with van der Waals surface area (Å²) in [4.78, 5) is 29.9. The van der Waals surface area contributed by atoms with Crippen molar-refractivity contribution in [1.29, 1.82) is 0 Å². The van der Waals surface area contributed by atoms with Gasteiger partial charge in [0.25, 0.3) is 0 Å². The summed E-state index contributed by atoms with van der Waals surface area (Å²) in [5.41, 5.74) is 2.24. The largest absolute Gasteiger partial charge is 0.344 e. The molecule has 3 rings (SSSR count). The molecule has 10 heteroatoms. The lowest BCUT2D eigenvalue weighted by atomic mass is 10.2. The fourth-order valence-electron chi connectivity index (χ4n) is 2.57. The van der Waals surface area contributed by atoms with Gasteiger partial charge in [-0.2, -0.15) is 4.98 Å². The van der Waals surface area contributed by atoms with Crippen LogP contribution in [0.25, 0.3) is 0 Å². The molecule has 0 fully saturated rings. The molecule has 0 aliphatic rings.